The summed E-state index contributed by atoms with van der Waals surface area (Å²) >= 11 is 3.30. The quantitative estimate of drug-likeness (QED) is 0.408. The van der Waals surface area contributed by atoms with Gasteiger partial charge in [-0.25, -0.2) is 5.43 Å². The van der Waals surface area contributed by atoms with Gasteiger partial charge in [-0.1, -0.05) is 15.9 Å². The van der Waals surface area contributed by atoms with Crippen molar-refractivity contribution < 1.29 is 14.5 Å². The Morgan fingerprint density at radius 1 is 1.04 bits per heavy atom. The van der Waals surface area contributed by atoms with E-state index >= 15 is 0 Å². The summed E-state index contributed by atoms with van der Waals surface area (Å²) in [6, 6.07) is 12.8. The van der Waals surface area contributed by atoms with Crippen LogP contribution < -0.4 is 10.7 Å². The van der Waals surface area contributed by atoms with E-state index in [0.717, 1.165) is 4.47 Å². The Morgan fingerprint density at radius 3 is 2.27 bits per heavy atom. The molecule has 9 heteroatoms. The highest BCUT2D eigenvalue weighted by Gasteiger charge is 2.07. The number of hydrogen-bond acceptors (Lipinski definition) is 5. The molecule has 0 fully saturated rings. The maximum atomic E-state index is 11.8. The van der Waals surface area contributed by atoms with Gasteiger partial charge in [0.1, 0.15) is 0 Å². The van der Waals surface area contributed by atoms with Crippen molar-refractivity contribution >= 4 is 45.3 Å². The zero-order valence-corrected chi connectivity index (χ0v) is 15.1. The third-order valence-electron chi connectivity index (χ3n) is 3.21. The number of nitro groups is 1. The van der Waals surface area contributed by atoms with Crippen LogP contribution in [-0.2, 0) is 9.59 Å². The van der Waals surface area contributed by atoms with E-state index in [0.29, 0.717) is 11.3 Å². The summed E-state index contributed by atoms with van der Waals surface area (Å²) in [6.45, 7) is 0. The molecule has 0 saturated carbocycles. The van der Waals surface area contributed by atoms with Crippen molar-refractivity contribution in [3.63, 3.8) is 0 Å². The van der Waals surface area contributed by atoms with Crippen LogP contribution in [0.4, 0.5) is 11.4 Å². The van der Waals surface area contributed by atoms with E-state index in [-0.39, 0.29) is 24.4 Å². The van der Waals surface area contributed by atoms with Crippen LogP contribution in [0, 0.1) is 10.1 Å². The molecule has 26 heavy (non-hydrogen) atoms. The molecule has 0 aliphatic heterocycles. The lowest BCUT2D eigenvalue weighted by Gasteiger charge is -2.04. The third kappa shape index (κ3) is 6.44. The second-order valence-electron chi connectivity index (χ2n) is 5.20. The SMILES string of the molecule is O=C(CCC(=O)Nc1ccc(Br)cc1)N/N=C\c1ccc([N+](=O)[O-])cc1. The first-order valence-corrected chi connectivity index (χ1v) is 8.35. The summed E-state index contributed by atoms with van der Waals surface area (Å²) in [6.07, 6.45) is 1.37. The Labute approximate surface area is 157 Å². The summed E-state index contributed by atoms with van der Waals surface area (Å²) in [7, 11) is 0. The van der Waals surface area contributed by atoms with Crippen LogP contribution in [0.3, 0.4) is 0 Å². The highest BCUT2D eigenvalue weighted by atomic mass is 79.9. The van der Waals surface area contributed by atoms with Crippen molar-refractivity contribution in [3.8, 4) is 0 Å². The predicted molar refractivity (Wildman–Crippen MR) is 101 cm³/mol. The molecule has 2 aromatic carbocycles. The summed E-state index contributed by atoms with van der Waals surface area (Å²) in [5.74, 6) is -0.684. The number of halogens is 1. The number of nitro benzene ring substituents is 1. The van der Waals surface area contributed by atoms with E-state index in [1.54, 1.807) is 24.3 Å². The number of nitrogens with one attached hydrogen (secondary N) is 2. The van der Waals surface area contributed by atoms with E-state index < -0.39 is 10.8 Å². The molecule has 0 heterocycles. The highest BCUT2D eigenvalue weighted by Crippen LogP contribution is 2.14. The van der Waals surface area contributed by atoms with E-state index in [2.05, 4.69) is 31.8 Å². The molecule has 2 aromatic rings. The number of hydrogen-bond donors (Lipinski definition) is 2. The fourth-order valence-corrected chi connectivity index (χ4v) is 2.16. The maximum Gasteiger partial charge on any atom is 0.269 e. The van der Waals surface area contributed by atoms with Crippen LogP contribution in [0.5, 0.6) is 0 Å². The molecular formula is C17H15BrN4O4. The number of carbonyl (C=O) groups is 2. The van der Waals surface area contributed by atoms with E-state index in [4.69, 9.17) is 0 Å². The Hall–Kier alpha value is -3.07. The molecule has 2 N–H and O–H groups in total. The second kappa shape index (κ2) is 9.42. The highest BCUT2D eigenvalue weighted by molar-refractivity contribution is 9.10. The van der Waals surface area contributed by atoms with Gasteiger partial charge in [-0.05, 0) is 42.0 Å². The molecule has 0 bridgehead atoms. The number of nitrogens with zero attached hydrogens (tertiary/aromatic N) is 2. The second-order valence-corrected chi connectivity index (χ2v) is 6.11. The van der Waals surface area contributed by atoms with Crippen molar-refractivity contribution in [1.29, 1.82) is 0 Å². The van der Waals surface area contributed by atoms with Gasteiger partial charge in [0.15, 0.2) is 0 Å². The first-order valence-electron chi connectivity index (χ1n) is 7.56. The van der Waals surface area contributed by atoms with Gasteiger partial charge in [-0.3, -0.25) is 19.7 Å². The van der Waals surface area contributed by atoms with Crippen molar-refractivity contribution in [3.05, 3.63) is 68.7 Å². The molecule has 8 nitrogen and oxygen atoms in total. The van der Waals surface area contributed by atoms with Gasteiger partial charge < -0.3 is 5.32 Å². The molecule has 2 rings (SSSR count). The van der Waals surface area contributed by atoms with Crippen molar-refractivity contribution in [2.24, 2.45) is 5.10 Å². The molecule has 0 spiro atoms. The number of non-ortho nitro benzene ring substituents is 1. The van der Waals surface area contributed by atoms with Crippen molar-refractivity contribution in [2.75, 3.05) is 5.32 Å². The summed E-state index contributed by atoms with van der Waals surface area (Å²) in [4.78, 5) is 33.5. The zero-order valence-electron chi connectivity index (χ0n) is 13.5. The minimum absolute atomic E-state index is 0.0139. The van der Waals surface area contributed by atoms with Gasteiger partial charge in [0.2, 0.25) is 11.8 Å². The molecule has 2 amide bonds. The lowest BCUT2D eigenvalue weighted by atomic mass is 10.2. The van der Waals surface area contributed by atoms with Crippen LogP contribution >= 0.6 is 15.9 Å². The van der Waals surface area contributed by atoms with Gasteiger partial charge >= 0.3 is 0 Å². The van der Waals surface area contributed by atoms with Crippen molar-refractivity contribution in [1.82, 2.24) is 5.43 Å². The first kappa shape index (κ1) is 19.3. The Balaban J connectivity index is 1.73. The monoisotopic (exact) mass is 418 g/mol. The molecular weight excluding hydrogens is 404 g/mol. The molecule has 0 aliphatic rings. The van der Waals surface area contributed by atoms with Gasteiger partial charge in [0.25, 0.3) is 5.69 Å². The Bertz CT molecular complexity index is 820. The number of hydrazone groups is 1. The fourth-order valence-electron chi connectivity index (χ4n) is 1.90. The number of benzene rings is 2. The molecule has 0 saturated heterocycles. The van der Waals surface area contributed by atoms with Crippen molar-refractivity contribution in [2.45, 2.75) is 12.8 Å². The van der Waals surface area contributed by atoms with Crippen LogP contribution in [0.2, 0.25) is 0 Å². The average molecular weight is 419 g/mol. The normalized spacial score (nSPS) is 10.5. The lowest BCUT2D eigenvalue weighted by Crippen LogP contribution is -2.20. The largest absolute Gasteiger partial charge is 0.326 e. The molecule has 134 valence electrons. The Morgan fingerprint density at radius 2 is 1.65 bits per heavy atom. The molecule has 0 aliphatic carbocycles. The number of rotatable bonds is 7. The van der Waals surface area contributed by atoms with Crippen LogP contribution in [0.25, 0.3) is 0 Å². The van der Waals surface area contributed by atoms with E-state index in [1.807, 2.05) is 0 Å². The minimum Gasteiger partial charge on any atom is -0.326 e. The lowest BCUT2D eigenvalue weighted by molar-refractivity contribution is -0.384. The molecule has 0 unspecified atom stereocenters. The fraction of sp³-hybridized carbons (Fsp3) is 0.118. The number of carbonyl (C=O) groups excluding carboxylic acids is 2. The van der Waals surface area contributed by atoms with Gasteiger partial charge in [0, 0.05) is 35.1 Å². The van der Waals surface area contributed by atoms with Crippen LogP contribution in [0.15, 0.2) is 58.1 Å². The summed E-state index contributed by atoms with van der Waals surface area (Å²) in [5, 5.41) is 17.0. The van der Waals surface area contributed by atoms with Crippen LogP contribution in [-0.4, -0.2) is 23.0 Å². The van der Waals surface area contributed by atoms with E-state index in [1.165, 1.54) is 30.5 Å². The zero-order chi connectivity index (χ0) is 18.9. The molecule has 0 atom stereocenters. The Kier molecular flexibility index (Phi) is 6.98. The third-order valence-corrected chi connectivity index (χ3v) is 3.74. The predicted octanol–water partition coefficient (Wildman–Crippen LogP) is 3.23. The van der Waals surface area contributed by atoms with Crippen LogP contribution in [0.1, 0.15) is 18.4 Å². The first-order chi connectivity index (χ1) is 12.4. The minimum atomic E-state index is -0.498. The summed E-state index contributed by atoms with van der Waals surface area (Å²) in [5.41, 5.74) is 3.53. The molecule has 0 aromatic heterocycles. The van der Waals surface area contributed by atoms with Gasteiger partial charge in [0.05, 0.1) is 11.1 Å². The number of anilines is 1. The number of amides is 2. The topological polar surface area (TPSA) is 114 Å². The standard InChI is InChI=1S/C17H15BrN4O4/c18-13-3-5-14(6-4-13)20-16(23)9-10-17(24)21-19-11-12-1-7-15(8-2-12)22(25)26/h1-8,11H,9-10H2,(H,20,23)(H,21,24)/b19-11-. The molecule has 0 radical (unpaired) electrons. The average Bonchev–Trinajstić information content (AvgIpc) is 2.62. The van der Waals surface area contributed by atoms with Gasteiger partial charge in [-0.2, -0.15) is 5.10 Å². The van der Waals surface area contributed by atoms with E-state index in [9.17, 15) is 19.7 Å². The van der Waals surface area contributed by atoms with Gasteiger partial charge in [-0.15, -0.1) is 0 Å². The smallest absolute Gasteiger partial charge is 0.269 e. The maximum absolute atomic E-state index is 11.8. The summed E-state index contributed by atoms with van der Waals surface area (Å²) < 4.78 is 0.903.